The monoisotopic (exact) mass is 371 g/mol. The maximum atomic E-state index is 12.9. The molecule has 0 aliphatic carbocycles. The van der Waals surface area contributed by atoms with E-state index in [1.54, 1.807) is 6.07 Å². The highest BCUT2D eigenvalue weighted by molar-refractivity contribution is 7.21. The largest absolute Gasteiger partial charge is 0.416 e. The quantitative estimate of drug-likeness (QED) is 0.471. The predicted octanol–water partition coefficient (Wildman–Crippen LogP) is 6.12. The van der Waals surface area contributed by atoms with Gasteiger partial charge in [-0.3, -0.25) is 0 Å². The van der Waals surface area contributed by atoms with Crippen molar-refractivity contribution in [2.75, 3.05) is 5.32 Å². The van der Waals surface area contributed by atoms with Crippen LogP contribution in [0.25, 0.3) is 20.7 Å². The minimum Gasteiger partial charge on any atom is -0.340 e. The SMILES string of the molecule is FC(F)(F)c1cccc(Nc2ncnc3sc(-c4ccccc4)cc23)c1. The number of hydrogen-bond donors (Lipinski definition) is 1. The van der Waals surface area contributed by atoms with Crippen molar-refractivity contribution in [3.05, 3.63) is 72.6 Å². The van der Waals surface area contributed by atoms with Crippen LogP contribution >= 0.6 is 11.3 Å². The summed E-state index contributed by atoms with van der Waals surface area (Å²) in [4.78, 5) is 10.3. The normalized spacial score (nSPS) is 11.7. The average Bonchev–Trinajstić information content (AvgIpc) is 3.07. The summed E-state index contributed by atoms with van der Waals surface area (Å²) in [5.41, 5.74) is 0.677. The van der Waals surface area contributed by atoms with Crippen molar-refractivity contribution in [2.24, 2.45) is 0 Å². The first-order valence-electron chi connectivity index (χ1n) is 7.75. The van der Waals surface area contributed by atoms with Crippen LogP contribution in [-0.2, 0) is 6.18 Å². The van der Waals surface area contributed by atoms with Crippen molar-refractivity contribution >= 4 is 33.1 Å². The first-order chi connectivity index (χ1) is 12.5. The van der Waals surface area contributed by atoms with Gasteiger partial charge in [-0.2, -0.15) is 13.2 Å². The van der Waals surface area contributed by atoms with Crippen molar-refractivity contribution in [1.29, 1.82) is 0 Å². The number of alkyl halides is 3. The molecule has 4 aromatic rings. The molecule has 0 saturated carbocycles. The minimum absolute atomic E-state index is 0.326. The first-order valence-corrected chi connectivity index (χ1v) is 8.56. The highest BCUT2D eigenvalue weighted by Gasteiger charge is 2.30. The number of anilines is 2. The number of nitrogens with one attached hydrogen (secondary N) is 1. The van der Waals surface area contributed by atoms with Gasteiger partial charge in [-0.15, -0.1) is 11.3 Å². The fourth-order valence-electron chi connectivity index (χ4n) is 2.61. The van der Waals surface area contributed by atoms with Crippen LogP contribution in [0.15, 0.2) is 67.0 Å². The van der Waals surface area contributed by atoms with E-state index >= 15 is 0 Å². The van der Waals surface area contributed by atoms with Crippen LogP contribution in [0.2, 0.25) is 0 Å². The Hall–Kier alpha value is -2.93. The van der Waals surface area contributed by atoms with E-state index in [2.05, 4.69) is 15.3 Å². The number of benzene rings is 2. The molecule has 0 aliphatic heterocycles. The summed E-state index contributed by atoms with van der Waals surface area (Å²) in [7, 11) is 0. The summed E-state index contributed by atoms with van der Waals surface area (Å²) in [5.74, 6) is 0.479. The van der Waals surface area contributed by atoms with Gasteiger partial charge in [-0.25, -0.2) is 9.97 Å². The lowest BCUT2D eigenvalue weighted by Crippen LogP contribution is -2.05. The topological polar surface area (TPSA) is 37.8 Å². The molecule has 7 heteroatoms. The smallest absolute Gasteiger partial charge is 0.340 e. The molecule has 4 rings (SSSR count). The van der Waals surface area contributed by atoms with Gasteiger partial charge in [-0.1, -0.05) is 36.4 Å². The van der Waals surface area contributed by atoms with Gasteiger partial charge in [0.1, 0.15) is 17.0 Å². The zero-order chi connectivity index (χ0) is 18.1. The van der Waals surface area contributed by atoms with Crippen LogP contribution < -0.4 is 5.32 Å². The Labute approximate surface area is 151 Å². The number of rotatable bonds is 3. The number of thiophene rings is 1. The molecule has 26 heavy (non-hydrogen) atoms. The second-order valence-electron chi connectivity index (χ2n) is 5.62. The van der Waals surface area contributed by atoms with Gasteiger partial charge in [0.25, 0.3) is 0 Å². The fourth-order valence-corrected chi connectivity index (χ4v) is 3.61. The molecule has 0 aliphatic rings. The van der Waals surface area contributed by atoms with Crippen LogP contribution in [0.4, 0.5) is 24.7 Å². The number of fused-ring (bicyclic) bond motifs is 1. The van der Waals surface area contributed by atoms with Crippen LogP contribution in [0, 0.1) is 0 Å². The zero-order valence-corrected chi connectivity index (χ0v) is 14.1. The second kappa shape index (κ2) is 6.42. The highest BCUT2D eigenvalue weighted by Crippen LogP contribution is 2.36. The molecular formula is C19H12F3N3S. The number of hydrogen-bond acceptors (Lipinski definition) is 4. The third-order valence-electron chi connectivity index (χ3n) is 3.84. The van der Waals surface area contributed by atoms with Gasteiger partial charge < -0.3 is 5.32 Å². The third kappa shape index (κ3) is 3.25. The highest BCUT2D eigenvalue weighted by atomic mass is 32.1. The van der Waals surface area contributed by atoms with E-state index in [0.717, 1.165) is 32.8 Å². The zero-order valence-electron chi connectivity index (χ0n) is 13.3. The van der Waals surface area contributed by atoms with E-state index in [4.69, 9.17) is 0 Å². The lowest BCUT2D eigenvalue weighted by atomic mass is 10.1. The summed E-state index contributed by atoms with van der Waals surface area (Å²) in [5, 5.41) is 3.75. The van der Waals surface area contributed by atoms with Crippen molar-refractivity contribution in [1.82, 2.24) is 9.97 Å². The molecule has 0 fully saturated rings. The third-order valence-corrected chi connectivity index (χ3v) is 4.93. The summed E-state index contributed by atoms with van der Waals surface area (Å²) >= 11 is 1.51. The number of nitrogens with zero attached hydrogens (tertiary/aromatic N) is 2. The van der Waals surface area contributed by atoms with E-state index < -0.39 is 11.7 Å². The van der Waals surface area contributed by atoms with Gasteiger partial charge >= 0.3 is 6.18 Å². The maximum Gasteiger partial charge on any atom is 0.416 e. The van der Waals surface area contributed by atoms with Crippen molar-refractivity contribution < 1.29 is 13.2 Å². The Bertz CT molecular complexity index is 1060. The van der Waals surface area contributed by atoms with E-state index in [1.807, 2.05) is 36.4 Å². The molecule has 0 amide bonds. The van der Waals surface area contributed by atoms with E-state index in [9.17, 15) is 13.2 Å². The van der Waals surface area contributed by atoms with Crippen LogP contribution in [-0.4, -0.2) is 9.97 Å². The summed E-state index contributed by atoms with van der Waals surface area (Å²) < 4.78 is 38.7. The fraction of sp³-hybridized carbons (Fsp3) is 0.0526. The molecule has 0 saturated heterocycles. The van der Waals surface area contributed by atoms with Crippen molar-refractivity contribution in [3.63, 3.8) is 0 Å². The molecule has 130 valence electrons. The Morgan fingerprint density at radius 2 is 1.69 bits per heavy atom. The van der Waals surface area contributed by atoms with Crippen LogP contribution in [0.1, 0.15) is 5.56 Å². The van der Waals surface area contributed by atoms with Gasteiger partial charge in [-0.05, 0) is 29.8 Å². The average molecular weight is 371 g/mol. The molecule has 0 spiro atoms. The van der Waals surface area contributed by atoms with E-state index in [0.29, 0.717) is 11.5 Å². The molecule has 2 aromatic carbocycles. The molecule has 0 radical (unpaired) electrons. The molecule has 3 nitrogen and oxygen atoms in total. The Kier molecular flexibility index (Phi) is 4.08. The molecule has 2 heterocycles. The molecule has 0 atom stereocenters. The minimum atomic E-state index is -4.39. The Balaban J connectivity index is 1.73. The van der Waals surface area contributed by atoms with Gasteiger partial charge in [0.2, 0.25) is 0 Å². The molecule has 2 aromatic heterocycles. The standard InChI is InChI=1S/C19H12F3N3S/c20-19(21,22)13-7-4-8-14(9-13)25-17-15-10-16(12-5-2-1-3-6-12)26-18(15)24-11-23-17/h1-11H,(H,23,24,25). The van der Waals surface area contributed by atoms with Crippen LogP contribution in [0.3, 0.4) is 0 Å². The van der Waals surface area contributed by atoms with Crippen LogP contribution in [0.5, 0.6) is 0 Å². The second-order valence-corrected chi connectivity index (χ2v) is 6.65. The molecule has 1 N–H and O–H groups in total. The Morgan fingerprint density at radius 1 is 0.885 bits per heavy atom. The molecular weight excluding hydrogens is 359 g/mol. The van der Waals surface area contributed by atoms with Crippen molar-refractivity contribution in [3.8, 4) is 10.4 Å². The molecule has 0 unspecified atom stereocenters. The number of aromatic nitrogens is 2. The van der Waals surface area contributed by atoms with Gasteiger partial charge in [0.05, 0.1) is 10.9 Å². The van der Waals surface area contributed by atoms with E-state index in [-0.39, 0.29) is 0 Å². The maximum absolute atomic E-state index is 12.9. The van der Waals surface area contributed by atoms with Gasteiger partial charge in [0.15, 0.2) is 0 Å². The summed E-state index contributed by atoms with van der Waals surface area (Å²) in [6.07, 6.45) is -2.98. The lowest BCUT2D eigenvalue weighted by Gasteiger charge is -2.10. The number of halogens is 3. The summed E-state index contributed by atoms with van der Waals surface area (Å²) in [6, 6.07) is 16.8. The lowest BCUT2D eigenvalue weighted by molar-refractivity contribution is -0.137. The Morgan fingerprint density at radius 3 is 2.46 bits per heavy atom. The van der Waals surface area contributed by atoms with Crippen molar-refractivity contribution in [2.45, 2.75) is 6.18 Å². The van der Waals surface area contributed by atoms with Gasteiger partial charge in [0, 0.05) is 10.6 Å². The predicted molar refractivity (Wildman–Crippen MR) is 97.6 cm³/mol. The van der Waals surface area contributed by atoms with E-state index in [1.165, 1.54) is 23.7 Å². The summed E-state index contributed by atoms with van der Waals surface area (Å²) in [6.45, 7) is 0. The first kappa shape index (κ1) is 16.5. The molecule has 0 bridgehead atoms.